The van der Waals surface area contributed by atoms with Gasteiger partial charge in [-0.3, -0.25) is 0 Å². The molecule has 1 fully saturated rings. The molecule has 6 heteroatoms. The maximum Gasteiger partial charge on any atom is 0.191 e. The SMILES string of the molecule is COc1cc(Br)c2c3c1OC1CC4(C=CC31CCNC2)OCCO4. The van der Waals surface area contributed by atoms with Crippen molar-refractivity contribution >= 4 is 15.9 Å². The van der Waals surface area contributed by atoms with Gasteiger partial charge in [0.2, 0.25) is 0 Å². The summed E-state index contributed by atoms with van der Waals surface area (Å²) < 4.78 is 24.9. The van der Waals surface area contributed by atoms with E-state index < -0.39 is 5.79 Å². The van der Waals surface area contributed by atoms with Gasteiger partial charge in [-0.05, 0) is 30.7 Å². The van der Waals surface area contributed by atoms with Crippen molar-refractivity contribution in [1.29, 1.82) is 0 Å². The average Bonchev–Trinajstić information content (AvgIpc) is 3.10. The molecule has 2 unspecified atom stereocenters. The van der Waals surface area contributed by atoms with E-state index in [1.165, 1.54) is 11.1 Å². The normalized spacial score (nSPS) is 32.2. The Morgan fingerprint density at radius 3 is 2.92 bits per heavy atom. The molecule has 1 saturated heterocycles. The van der Waals surface area contributed by atoms with E-state index in [1.807, 2.05) is 6.07 Å². The van der Waals surface area contributed by atoms with Gasteiger partial charge < -0.3 is 24.3 Å². The van der Waals surface area contributed by atoms with Crippen LogP contribution in [0.4, 0.5) is 0 Å². The molecule has 128 valence electrons. The second-order valence-corrected chi connectivity index (χ2v) is 7.72. The van der Waals surface area contributed by atoms with Crippen LogP contribution in [-0.4, -0.2) is 38.8 Å². The summed E-state index contributed by atoms with van der Waals surface area (Å²) in [5.41, 5.74) is 2.37. The lowest BCUT2D eigenvalue weighted by Gasteiger charge is -2.40. The van der Waals surface area contributed by atoms with Crippen molar-refractivity contribution in [2.24, 2.45) is 0 Å². The second-order valence-electron chi connectivity index (χ2n) is 6.86. The minimum atomic E-state index is -0.623. The number of rotatable bonds is 1. The molecule has 0 aromatic heterocycles. The molecule has 0 radical (unpaired) electrons. The quantitative estimate of drug-likeness (QED) is 0.743. The molecule has 2 spiro atoms. The van der Waals surface area contributed by atoms with Crippen LogP contribution < -0.4 is 14.8 Å². The first-order valence-electron chi connectivity index (χ1n) is 8.43. The third-order valence-corrected chi connectivity index (χ3v) is 6.42. The molecular weight excluding hydrogens is 374 g/mol. The van der Waals surface area contributed by atoms with Crippen molar-refractivity contribution in [1.82, 2.24) is 5.32 Å². The van der Waals surface area contributed by atoms with Gasteiger partial charge in [-0.15, -0.1) is 0 Å². The Morgan fingerprint density at radius 1 is 1.29 bits per heavy atom. The Hall–Kier alpha value is -1.08. The zero-order valence-electron chi connectivity index (χ0n) is 13.6. The van der Waals surface area contributed by atoms with Crippen molar-refractivity contribution in [3.8, 4) is 11.5 Å². The van der Waals surface area contributed by atoms with Crippen LogP contribution in [0, 0.1) is 0 Å². The Kier molecular flexibility index (Phi) is 3.30. The largest absolute Gasteiger partial charge is 0.493 e. The first-order valence-corrected chi connectivity index (χ1v) is 9.22. The molecule has 1 aliphatic carbocycles. The van der Waals surface area contributed by atoms with E-state index in [-0.39, 0.29) is 11.5 Å². The molecule has 0 amide bonds. The fourth-order valence-corrected chi connectivity index (χ4v) is 5.12. The van der Waals surface area contributed by atoms with Crippen LogP contribution in [0.15, 0.2) is 22.7 Å². The summed E-state index contributed by atoms with van der Waals surface area (Å²) in [6, 6.07) is 2.01. The Bertz CT molecular complexity index is 728. The van der Waals surface area contributed by atoms with E-state index in [0.717, 1.165) is 35.5 Å². The predicted octanol–water partition coefficient (Wildman–Crippen LogP) is 2.65. The summed E-state index contributed by atoms with van der Waals surface area (Å²) in [7, 11) is 1.69. The third-order valence-electron chi connectivity index (χ3n) is 5.72. The van der Waals surface area contributed by atoms with Crippen LogP contribution >= 0.6 is 15.9 Å². The summed E-state index contributed by atoms with van der Waals surface area (Å²) in [5, 5.41) is 3.54. The van der Waals surface area contributed by atoms with Crippen molar-refractivity contribution < 1.29 is 18.9 Å². The molecule has 4 aliphatic rings. The zero-order chi connectivity index (χ0) is 16.4. The topological polar surface area (TPSA) is 49.0 Å². The van der Waals surface area contributed by atoms with Crippen molar-refractivity contribution in [2.45, 2.75) is 36.7 Å². The number of ether oxygens (including phenoxy) is 4. The van der Waals surface area contributed by atoms with E-state index >= 15 is 0 Å². The Labute approximate surface area is 149 Å². The van der Waals surface area contributed by atoms with Gasteiger partial charge in [0, 0.05) is 23.0 Å². The molecule has 1 N–H and O–H groups in total. The van der Waals surface area contributed by atoms with Crippen molar-refractivity contribution in [3.63, 3.8) is 0 Å². The van der Waals surface area contributed by atoms with Gasteiger partial charge in [-0.2, -0.15) is 0 Å². The summed E-state index contributed by atoms with van der Waals surface area (Å²) >= 11 is 3.72. The summed E-state index contributed by atoms with van der Waals surface area (Å²) in [4.78, 5) is 0. The maximum atomic E-state index is 6.46. The van der Waals surface area contributed by atoms with Gasteiger partial charge in [0.15, 0.2) is 17.3 Å². The summed E-state index contributed by atoms with van der Waals surface area (Å²) in [6.07, 6.45) is 6.07. The second kappa shape index (κ2) is 5.21. The van der Waals surface area contributed by atoms with Gasteiger partial charge in [0.05, 0.1) is 25.7 Å². The van der Waals surface area contributed by atoms with Crippen LogP contribution in [0.3, 0.4) is 0 Å². The molecule has 3 heterocycles. The van der Waals surface area contributed by atoms with E-state index in [1.54, 1.807) is 7.11 Å². The molecule has 0 bridgehead atoms. The van der Waals surface area contributed by atoms with Crippen molar-refractivity contribution in [3.05, 3.63) is 33.8 Å². The van der Waals surface area contributed by atoms with E-state index in [0.29, 0.717) is 19.6 Å². The number of nitrogens with one attached hydrogen (secondary N) is 1. The molecule has 24 heavy (non-hydrogen) atoms. The van der Waals surface area contributed by atoms with Gasteiger partial charge in [-0.1, -0.05) is 22.0 Å². The van der Waals surface area contributed by atoms with Crippen LogP contribution in [0.1, 0.15) is 24.0 Å². The highest BCUT2D eigenvalue weighted by atomic mass is 79.9. The predicted molar refractivity (Wildman–Crippen MR) is 91.5 cm³/mol. The Morgan fingerprint density at radius 2 is 2.12 bits per heavy atom. The molecule has 3 aliphatic heterocycles. The van der Waals surface area contributed by atoms with Crippen molar-refractivity contribution in [2.75, 3.05) is 26.9 Å². The molecule has 0 saturated carbocycles. The first kappa shape index (κ1) is 15.2. The average molecular weight is 394 g/mol. The van der Waals surface area contributed by atoms with Gasteiger partial charge in [-0.25, -0.2) is 0 Å². The molecular formula is C18H20BrNO4. The number of hydrogen-bond acceptors (Lipinski definition) is 5. The lowest BCUT2D eigenvalue weighted by Crippen LogP contribution is -2.48. The minimum absolute atomic E-state index is 0.00236. The van der Waals surface area contributed by atoms with E-state index in [4.69, 9.17) is 18.9 Å². The number of methoxy groups -OCH3 is 1. The number of halogens is 1. The van der Waals surface area contributed by atoms with E-state index in [2.05, 4.69) is 33.4 Å². The lowest BCUT2D eigenvalue weighted by molar-refractivity contribution is -0.145. The van der Waals surface area contributed by atoms with E-state index in [9.17, 15) is 0 Å². The molecule has 1 aromatic rings. The zero-order valence-corrected chi connectivity index (χ0v) is 15.1. The fraction of sp³-hybridized carbons (Fsp3) is 0.556. The molecule has 2 atom stereocenters. The maximum absolute atomic E-state index is 6.46. The van der Waals surface area contributed by atoms with Crippen LogP contribution in [0.5, 0.6) is 11.5 Å². The van der Waals surface area contributed by atoms with Crippen LogP contribution in [0.2, 0.25) is 0 Å². The van der Waals surface area contributed by atoms with Crippen LogP contribution in [0.25, 0.3) is 0 Å². The highest BCUT2D eigenvalue weighted by Gasteiger charge is 2.57. The molecule has 1 aromatic carbocycles. The molecule has 5 nitrogen and oxygen atoms in total. The lowest BCUT2D eigenvalue weighted by atomic mass is 9.68. The smallest absolute Gasteiger partial charge is 0.191 e. The number of benzene rings is 1. The Balaban J connectivity index is 1.71. The van der Waals surface area contributed by atoms with Gasteiger partial charge in [0.1, 0.15) is 6.10 Å². The molecule has 5 rings (SSSR count). The van der Waals surface area contributed by atoms with Crippen LogP contribution in [-0.2, 0) is 21.4 Å². The van der Waals surface area contributed by atoms with Gasteiger partial charge in [0.25, 0.3) is 0 Å². The highest BCUT2D eigenvalue weighted by Crippen LogP contribution is 2.58. The standard InChI is InChI=1S/C18H20BrNO4/c1-21-13-8-12(19)11-10-20-5-4-17-2-3-18(22-6-7-23-18)9-14(17)24-16(13)15(11)17/h2-3,8,14,20H,4-7,9-10H2,1H3. The monoisotopic (exact) mass is 393 g/mol. The number of hydrogen-bond donors (Lipinski definition) is 1. The fourth-order valence-electron chi connectivity index (χ4n) is 4.57. The summed E-state index contributed by atoms with van der Waals surface area (Å²) in [6.45, 7) is 3.05. The first-order chi connectivity index (χ1) is 11.7. The van der Waals surface area contributed by atoms with Gasteiger partial charge >= 0.3 is 0 Å². The summed E-state index contributed by atoms with van der Waals surface area (Å²) in [5.74, 6) is 1.04. The minimum Gasteiger partial charge on any atom is -0.493 e. The third kappa shape index (κ3) is 1.91. The highest BCUT2D eigenvalue weighted by molar-refractivity contribution is 9.10.